The van der Waals surface area contributed by atoms with Crippen LogP contribution in [0.5, 0.6) is 5.75 Å². The second-order valence-electron chi connectivity index (χ2n) is 5.87. The highest BCUT2D eigenvalue weighted by Crippen LogP contribution is 2.25. The molecule has 3 rings (SSSR count). The van der Waals surface area contributed by atoms with Crippen LogP contribution < -0.4 is 10.1 Å². The summed E-state index contributed by atoms with van der Waals surface area (Å²) in [7, 11) is 0. The molecule has 3 aromatic carbocycles. The van der Waals surface area contributed by atoms with Crippen LogP contribution in [0.1, 0.15) is 5.56 Å². The lowest BCUT2D eigenvalue weighted by Crippen LogP contribution is -2.29. The largest absolute Gasteiger partial charge is 0.491 e. The molecule has 0 atom stereocenters. The highest BCUT2D eigenvalue weighted by molar-refractivity contribution is 7.99. The molecule has 1 N–H and O–H groups in total. The van der Waals surface area contributed by atoms with Gasteiger partial charge in [0.25, 0.3) is 0 Å². The number of benzene rings is 3. The summed E-state index contributed by atoms with van der Waals surface area (Å²) in [5.41, 5.74) is 0.427. The van der Waals surface area contributed by atoms with Crippen molar-refractivity contribution in [2.75, 3.05) is 18.9 Å². The number of ether oxygens (including phenoxy) is 1. The third-order valence-electron chi connectivity index (χ3n) is 3.97. The molecule has 3 nitrogen and oxygen atoms in total. The van der Waals surface area contributed by atoms with Crippen LogP contribution in [-0.2, 0) is 10.5 Å². The van der Waals surface area contributed by atoms with Gasteiger partial charge in [-0.1, -0.05) is 54.1 Å². The summed E-state index contributed by atoms with van der Waals surface area (Å²) >= 11 is 7.30. The number of carbonyl (C=O) groups is 1. The molecule has 0 saturated carbocycles. The van der Waals surface area contributed by atoms with Crippen LogP contribution in [0.2, 0.25) is 5.02 Å². The quantitative estimate of drug-likeness (QED) is 0.534. The van der Waals surface area contributed by atoms with Crippen molar-refractivity contribution >= 4 is 40.0 Å². The SMILES string of the molecule is O=C(CSCc1c(F)cccc1Cl)NCCOc1cccc2ccccc12. The zero-order chi connectivity index (χ0) is 19.1. The molecular formula is C21H19ClFNO2S. The number of carbonyl (C=O) groups excluding carboxylic acids is 1. The lowest BCUT2D eigenvalue weighted by molar-refractivity contribution is -0.118. The van der Waals surface area contributed by atoms with Crippen LogP contribution in [0.25, 0.3) is 10.8 Å². The maximum absolute atomic E-state index is 13.7. The highest BCUT2D eigenvalue weighted by atomic mass is 35.5. The van der Waals surface area contributed by atoms with E-state index in [4.69, 9.17) is 16.3 Å². The summed E-state index contributed by atoms with van der Waals surface area (Å²) < 4.78 is 19.5. The Morgan fingerprint density at radius 2 is 1.85 bits per heavy atom. The van der Waals surface area contributed by atoms with Gasteiger partial charge in [0.1, 0.15) is 18.2 Å². The zero-order valence-electron chi connectivity index (χ0n) is 14.6. The van der Waals surface area contributed by atoms with E-state index in [0.717, 1.165) is 16.5 Å². The highest BCUT2D eigenvalue weighted by Gasteiger charge is 2.08. The van der Waals surface area contributed by atoms with Crippen molar-refractivity contribution in [1.82, 2.24) is 5.32 Å². The van der Waals surface area contributed by atoms with Crippen LogP contribution in [0.3, 0.4) is 0 Å². The number of rotatable bonds is 8. The minimum atomic E-state index is -0.348. The Labute approximate surface area is 166 Å². The van der Waals surface area contributed by atoms with E-state index in [2.05, 4.69) is 5.32 Å². The van der Waals surface area contributed by atoms with Gasteiger partial charge in [-0.2, -0.15) is 0 Å². The first-order valence-electron chi connectivity index (χ1n) is 8.53. The molecule has 0 aromatic heterocycles. The van der Waals surface area contributed by atoms with Crippen molar-refractivity contribution in [3.63, 3.8) is 0 Å². The summed E-state index contributed by atoms with van der Waals surface area (Å²) in [5.74, 6) is 0.920. The third kappa shape index (κ3) is 5.37. The average molecular weight is 404 g/mol. The van der Waals surface area contributed by atoms with E-state index >= 15 is 0 Å². The Bertz CT molecular complexity index is 909. The predicted octanol–water partition coefficient (Wildman–Crippen LogP) is 5.06. The number of hydrogen-bond donors (Lipinski definition) is 1. The summed E-state index contributed by atoms with van der Waals surface area (Å²) in [4.78, 5) is 11.9. The average Bonchev–Trinajstić information content (AvgIpc) is 2.67. The number of nitrogens with one attached hydrogen (secondary N) is 1. The molecule has 0 fully saturated rings. The molecule has 0 aliphatic carbocycles. The number of halogens is 2. The molecule has 1 amide bonds. The Kier molecular flexibility index (Phi) is 6.96. The Morgan fingerprint density at radius 3 is 2.70 bits per heavy atom. The van der Waals surface area contributed by atoms with Gasteiger partial charge < -0.3 is 10.1 Å². The Balaban J connectivity index is 1.40. The lowest BCUT2D eigenvalue weighted by Gasteiger charge is -2.10. The number of thioether (sulfide) groups is 1. The van der Waals surface area contributed by atoms with Crippen molar-refractivity contribution in [1.29, 1.82) is 0 Å². The molecule has 0 aliphatic heterocycles. The van der Waals surface area contributed by atoms with E-state index in [9.17, 15) is 9.18 Å². The fourth-order valence-electron chi connectivity index (χ4n) is 2.64. The molecule has 27 heavy (non-hydrogen) atoms. The molecule has 0 aliphatic rings. The zero-order valence-corrected chi connectivity index (χ0v) is 16.2. The van der Waals surface area contributed by atoms with E-state index < -0.39 is 0 Å². The van der Waals surface area contributed by atoms with Crippen molar-refractivity contribution in [2.24, 2.45) is 0 Å². The fraction of sp³-hybridized carbons (Fsp3) is 0.190. The van der Waals surface area contributed by atoms with Crippen LogP contribution in [0.15, 0.2) is 60.7 Å². The maximum atomic E-state index is 13.7. The minimum Gasteiger partial charge on any atom is -0.491 e. The molecule has 3 aromatic rings. The molecule has 6 heteroatoms. The Morgan fingerprint density at radius 1 is 1.07 bits per heavy atom. The smallest absolute Gasteiger partial charge is 0.230 e. The fourth-order valence-corrected chi connectivity index (χ4v) is 3.84. The minimum absolute atomic E-state index is 0.117. The first-order chi connectivity index (χ1) is 13.1. The van der Waals surface area contributed by atoms with Crippen molar-refractivity contribution in [2.45, 2.75) is 5.75 Å². The van der Waals surface area contributed by atoms with Crippen molar-refractivity contribution in [3.8, 4) is 5.75 Å². The predicted molar refractivity (Wildman–Crippen MR) is 110 cm³/mol. The maximum Gasteiger partial charge on any atom is 0.230 e. The second kappa shape index (κ2) is 9.62. The molecule has 0 bridgehead atoms. The van der Waals surface area contributed by atoms with Gasteiger partial charge in [0.2, 0.25) is 5.91 Å². The number of hydrogen-bond acceptors (Lipinski definition) is 3. The van der Waals surface area contributed by atoms with Gasteiger partial charge >= 0.3 is 0 Å². The van der Waals surface area contributed by atoms with Gasteiger partial charge in [0, 0.05) is 21.7 Å². The van der Waals surface area contributed by atoms with E-state index in [-0.39, 0.29) is 17.5 Å². The molecule has 0 radical (unpaired) electrons. The van der Waals surface area contributed by atoms with E-state index in [1.807, 2.05) is 42.5 Å². The second-order valence-corrected chi connectivity index (χ2v) is 7.26. The normalized spacial score (nSPS) is 10.7. The summed E-state index contributed by atoms with van der Waals surface area (Å²) in [6.45, 7) is 0.784. The van der Waals surface area contributed by atoms with Gasteiger partial charge in [-0.3, -0.25) is 4.79 Å². The number of fused-ring (bicyclic) bond motifs is 1. The Hall–Kier alpha value is -2.24. The van der Waals surface area contributed by atoms with Gasteiger partial charge in [0.15, 0.2) is 0 Å². The summed E-state index contributed by atoms with van der Waals surface area (Å²) in [5, 5.41) is 5.34. The van der Waals surface area contributed by atoms with Gasteiger partial charge in [-0.05, 0) is 23.6 Å². The van der Waals surface area contributed by atoms with E-state index in [1.165, 1.54) is 17.8 Å². The summed E-state index contributed by atoms with van der Waals surface area (Å²) in [6, 6.07) is 18.5. The van der Waals surface area contributed by atoms with Gasteiger partial charge in [-0.15, -0.1) is 11.8 Å². The molecular weight excluding hydrogens is 385 g/mol. The molecule has 0 spiro atoms. The third-order valence-corrected chi connectivity index (χ3v) is 5.29. The topological polar surface area (TPSA) is 38.3 Å². The van der Waals surface area contributed by atoms with Gasteiger partial charge in [0.05, 0.1) is 12.3 Å². The van der Waals surface area contributed by atoms with Crippen LogP contribution in [0.4, 0.5) is 4.39 Å². The first kappa shape index (κ1) is 19.5. The molecule has 0 unspecified atom stereocenters. The monoisotopic (exact) mass is 403 g/mol. The lowest BCUT2D eigenvalue weighted by atomic mass is 10.1. The molecule has 140 valence electrons. The van der Waals surface area contributed by atoms with E-state index in [0.29, 0.717) is 29.5 Å². The van der Waals surface area contributed by atoms with Crippen LogP contribution >= 0.6 is 23.4 Å². The van der Waals surface area contributed by atoms with Crippen molar-refractivity contribution < 1.29 is 13.9 Å². The van der Waals surface area contributed by atoms with Crippen LogP contribution in [-0.4, -0.2) is 24.8 Å². The van der Waals surface area contributed by atoms with Crippen LogP contribution in [0, 0.1) is 5.82 Å². The molecule has 0 heterocycles. The standard InChI is InChI=1S/C21H19ClFNO2S/c22-18-8-4-9-19(23)17(18)13-27-14-21(25)24-11-12-26-20-10-3-6-15-5-1-2-7-16(15)20/h1-10H,11-14H2,(H,24,25). The van der Waals surface area contributed by atoms with Crippen molar-refractivity contribution in [3.05, 3.63) is 77.1 Å². The van der Waals surface area contributed by atoms with Gasteiger partial charge in [-0.25, -0.2) is 4.39 Å². The summed E-state index contributed by atoms with van der Waals surface area (Å²) in [6.07, 6.45) is 0. The number of amides is 1. The molecule has 0 saturated heterocycles. The first-order valence-corrected chi connectivity index (χ1v) is 10.1. The van der Waals surface area contributed by atoms with E-state index in [1.54, 1.807) is 12.1 Å².